The zero-order valence-electron chi connectivity index (χ0n) is 21.2. The van der Waals surface area contributed by atoms with Gasteiger partial charge >= 0.3 is 5.97 Å². The number of rotatable bonds is 8. The summed E-state index contributed by atoms with van der Waals surface area (Å²) in [5.41, 5.74) is 5.22. The summed E-state index contributed by atoms with van der Waals surface area (Å²) in [6.07, 6.45) is 1.75. The van der Waals surface area contributed by atoms with Gasteiger partial charge < -0.3 is 9.47 Å². The molecule has 5 aromatic rings. The average Bonchev–Trinajstić information content (AvgIpc) is 3.39. The number of esters is 1. The van der Waals surface area contributed by atoms with Crippen molar-refractivity contribution in [3.63, 3.8) is 0 Å². The highest BCUT2D eigenvalue weighted by molar-refractivity contribution is 5.91. The molecule has 0 bridgehead atoms. The molecule has 0 amide bonds. The van der Waals surface area contributed by atoms with Gasteiger partial charge in [0.05, 0.1) is 23.6 Å². The highest BCUT2D eigenvalue weighted by Gasteiger charge is 2.14. The predicted octanol–water partition coefficient (Wildman–Crippen LogP) is 7.22. The summed E-state index contributed by atoms with van der Waals surface area (Å²) in [4.78, 5) is 17.3. The Balaban J connectivity index is 1.45. The zero-order valence-corrected chi connectivity index (χ0v) is 21.2. The quantitative estimate of drug-likeness (QED) is 0.128. The van der Waals surface area contributed by atoms with Crippen LogP contribution >= 0.6 is 0 Å². The third kappa shape index (κ3) is 5.71. The summed E-state index contributed by atoms with van der Waals surface area (Å²) >= 11 is 0. The molecule has 0 radical (unpaired) electrons. The number of para-hydroxylation sites is 1. The highest BCUT2D eigenvalue weighted by atomic mass is 16.6. The monoisotopic (exact) mass is 501 g/mol. The van der Waals surface area contributed by atoms with Gasteiger partial charge in [-0.3, -0.25) is 0 Å². The van der Waals surface area contributed by atoms with Crippen LogP contribution in [0.2, 0.25) is 0 Å². The molecule has 6 nitrogen and oxygen atoms in total. The number of carbonyl (C=O) groups excluding carboxylic acids is 1. The van der Waals surface area contributed by atoms with Gasteiger partial charge in [-0.05, 0) is 61.9 Å². The Hall–Kier alpha value is -4.97. The molecular weight excluding hydrogens is 474 g/mol. The summed E-state index contributed by atoms with van der Waals surface area (Å²) in [6.45, 7) is 4.37. The summed E-state index contributed by atoms with van der Waals surface area (Å²) in [6, 6.07) is 34.4. The fourth-order valence-corrected chi connectivity index (χ4v) is 3.92. The molecule has 1 aromatic heterocycles. The number of benzene rings is 4. The third-order valence-electron chi connectivity index (χ3n) is 5.86. The molecule has 0 saturated carbocycles. The summed E-state index contributed by atoms with van der Waals surface area (Å²) in [5, 5.41) is 4.84. The van der Waals surface area contributed by atoms with Crippen LogP contribution in [0.25, 0.3) is 16.9 Å². The van der Waals surface area contributed by atoms with E-state index in [1.165, 1.54) is 5.56 Å². The number of carbonyl (C=O) groups is 1. The van der Waals surface area contributed by atoms with Crippen LogP contribution in [0.3, 0.4) is 0 Å². The molecule has 4 aromatic carbocycles. The van der Waals surface area contributed by atoms with E-state index in [4.69, 9.17) is 19.6 Å². The van der Waals surface area contributed by atoms with Crippen molar-refractivity contribution in [2.45, 2.75) is 13.8 Å². The van der Waals surface area contributed by atoms with Crippen LogP contribution in [0.15, 0.2) is 114 Å². The van der Waals surface area contributed by atoms with E-state index in [0.717, 1.165) is 22.5 Å². The van der Waals surface area contributed by atoms with E-state index in [1.807, 2.05) is 66.2 Å². The summed E-state index contributed by atoms with van der Waals surface area (Å²) < 4.78 is 13.2. The molecule has 0 atom stereocenters. The molecule has 0 fully saturated rings. The molecule has 1 heterocycles. The highest BCUT2D eigenvalue weighted by Crippen LogP contribution is 2.30. The lowest BCUT2D eigenvalue weighted by Gasteiger charge is -2.11. The van der Waals surface area contributed by atoms with Crippen LogP contribution in [-0.4, -0.2) is 28.6 Å². The van der Waals surface area contributed by atoms with Gasteiger partial charge in [0.2, 0.25) is 0 Å². The van der Waals surface area contributed by atoms with E-state index in [-0.39, 0.29) is 0 Å². The van der Waals surface area contributed by atoms with Gasteiger partial charge in [-0.2, -0.15) is 5.10 Å². The second-order valence-electron chi connectivity index (χ2n) is 8.65. The Labute approximate surface area is 221 Å². The van der Waals surface area contributed by atoms with Gasteiger partial charge in [-0.25, -0.2) is 14.5 Å². The maximum atomic E-state index is 12.6. The molecule has 0 aliphatic carbocycles. The van der Waals surface area contributed by atoms with E-state index in [2.05, 4.69) is 31.2 Å². The van der Waals surface area contributed by atoms with Crippen LogP contribution in [0.4, 0.5) is 5.82 Å². The minimum Gasteiger partial charge on any atom is -0.490 e. The number of aliphatic imine (C=N–C) groups is 1. The van der Waals surface area contributed by atoms with Crippen LogP contribution in [0.5, 0.6) is 11.5 Å². The van der Waals surface area contributed by atoms with Crippen LogP contribution in [0, 0.1) is 6.92 Å². The topological polar surface area (TPSA) is 65.7 Å². The standard InChI is InChI=1S/C32H27N3O3/c1-3-37-30-20-24(16-19-29(30)38-32(36)26-10-6-4-7-11-26)22-33-31-21-28(25-17-14-23(2)15-18-25)34-35(31)27-12-8-5-9-13-27/h4-22H,3H2,1-2H3. The largest absolute Gasteiger partial charge is 0.490 e. The van der Waals surface area contributed by atoms with E-state index < -0.39 is 5.97 Å². The lowest BCUT2D eigenvalue weighted by molar-refractivity contribution is 0.0728. The molecule has 0 aliphatic heterocycles. The van der Waals surface area contributed by atoms with Gasteiger partial charge in [-0.1, -0.05) is 66.2 Å². The van der Waals surface area contributed by atoms with Crippen LogP contribution in [0.1, 0.15) is 28.4 Å². The van der Waals surface area contributed by atoms with Gasteiger partial charge in [0.25, 0.3) is 0 Å². The molecule has 38 heavy (non-hydrogen) atoms. The Kier molecular flexibility index (Phi) is 7.41. The lowest BCUT2D eigenvalue weighted by Crippen LogP contribution is -2.09. The predicted molar refractivity (Wildman–Crippen MR) is 150 cm³/mol. The number of ether oxygens (including phenoxy) is 2. The first-order chi connectivity index (χ1) is 18.6. The van der Waals surface area contributed by atoms with Crippen molar-refractivity contribution in [2.75, 3.05) is 6.61 Å². The minimum absolute atomic E-state index is 0.355. The number of hydrogen-bond donors (Lipinski definition) is 0. The van der Waals surface area contributed by atoms with Crippen molar-refractivity contribution in [1.82, 2.24) is 9.78 Å². The molecule has 188 valence electrons. The number of aryl methyl sites for hydroxylation is 1. The Morgan fingerprint density at radius 1 is 0.868 bits per heavy atom. The van der Waals surface area contributed by atoms with E-state index in [0.29, 0.717) is 29.5 Å². The van der Waals surface area contributed by atoms with Crippen molar-refractivity contribution >= 4 is 18.0 Å². The second-order valence-corrected chi connectivity index (χ2v) is 8.65. The summed E-state index contributed by atoms with van der Waals surface area (Å²) in [5.74, 6) is 1.07. The number of aromatic nitrogens is 2. The average molecular weight is 502 g/mol. The normalized spacial score (nSPS) is 11.0. The molecule has 5 rings (SSSR count). The first kappa shape index (κ1) is 24.7. The van der Waals surface area contributed by atoms with Crippen molar-refractivity contribution in [3.8, 4) is 28.4 Å². The molecule has 0 unspecified atom stereocenters. The SMILES string of the molecule is CCOc1cc(C=Nc2cc(-c3ccc(C)cc3)nn2-c2ccccc2)ccc1OC(=O)c1ccccc1. The molecular formula is C32H27N3O3. The Morgan fingerprint density at radius 2 is 1.58 bits per heavy atom. The van der Waals surface area contributed by atoms with E-state index in [1.54, 1.807) is 36.5 Å². The van der Waals surface area contributed by atoms with Crippen molar-refractivity contribution in [3.05, 3.63) is 126 Å². The van der Waals surface area contributed by atoms with Gasteiger partial charge in [0.1, 0.15) is 0 Å². The zero-order chi connectivity index (χ0) is 26.3. The molecule has 6 heteroatoms. The number of nitrogens with zero attached hydrogens (tertiary/aromatic N) is 3. The van der Waals surface area contributed by atoms with Crippen LogP contribution in [-0.2, 0) is 0 Å². The Morgan fingerprint density at radius 3 is 2.29 bits per heavy atom. The van der Waals surface area contributed by atoms with Gasteiger partial charge in [0, 0.05) is 17.8 Å². The van der Waals surface area contributed by atoms with Crippen molar-refractivity contribution < 1.29 is 14.3 Å². The maximum Gasteiger partial charge on any atom is 0.343 e. The van der Waals surface area contributed by atoms with Gasteiger partial charge in [0.15, 0.2) is 17.3 Å². The lowest BCUT2D eigenvalue weighted by atomic mass is 10.1. The van der Waals surface area contributed by atoms with Crippen molar-refractivity contribution in [2.24, 2.45) is 4.99 Å². The Bertz CT molecular complexity index is 1560. The fraction of sp³-hybridized carbons (Fsp3) is 0.0938. The smallest absolute Gasteiger partial charge is 0.343 e. The van der Waals surface area contributed by atoms with E-state index >= 15 is 0 Å². The van der Waals surface area contributed by atoms with Gasteiger partial charge in [-0.15, -0.1) is 0 Å². The fourth-order valence-electron chi connectivity index (χ4n) is 3.92. The maximum absolute atomic E-state index is 12.6. The van der Waals surface area contributed by atoms with Crippen molar-refractivity contribution in [1.29, 1.82) is 0 Å². The van der Waals surface area contributed by atoms with E-state index in [9.17, 15) is 4.79 Å². The molecule has 0 N–H and O–H groups in total. The first-order valence-electron chi connectivity index (χ1n) is 12.4. The number of hydrogen-bond acceptors (Lipinski definition) is 5. The molecule has 0 aliphatic rings. The first-order valence-corrected chi connectivity index (χ1v) is 12.4. The minimum atomic E-state index is -0.441. The third-order valence-corrected chi connectivity index (χ3v) is 5.86. The summed E-state index contributed by atoms with van der Waals surface area (Å²) in [7, 11) is 0. The van der Waals surface area contributed by atoms with Crippen LogP contribution < -0.4 is 9.47 Å². The second kappa shape index (κ2) is 11.4. The molecule has 0 spiro atoms. The molecule has 0 saturated heterocycles.